The van der Waals surface area contributed by atoms with Gasteiger partial charge in [0.2, 0.25) is 0 Å². The minimum atomic E-state index is -4.07. The summed E-state index contributed by atoms with van der Waals surface area (Å²) in [5, 5.41) is 0. The lowest BCUT2D eigenvalue weighted by Gasteiger charge is -2.23. The summed E-state index contributed by atoms with van der Waals surface area (Å²) in [5.41, 5.74) is 0. The number of rotatable bonds is 26. The maximum atomic E-state index is 13.4. The van der Waals surface area contributed by atoms with Crippen LogP contribution in [0.15, 0.2) is 0 Å². The van der Waals surface area contributed by atoms with E-state index in [1.807, 2.05) is 0 Å². The van der Waals surface area contributed by atoms with Crippen molar-refractivity contribution >= 4 is 15.6 Å². The first-order valence-corrected chi connectivity index (χ1v) is 16.4. The second kappa shape index (κ2) is 22.7. The van der Waals surface area contributed by atoms with Crippen LogP contribution in [0.5, 0.6) is 0 Å². The third-order valence-electron chi connectivity index (χ3n) is 5.19. The molecule has 200 valence electrons. The molecule has 0 aromatic carbocycles. The van der Waals surface area contributed by atoms with Gasteiger partial charge in [0.1, 0.15) is 0 Å². The summed E-state index contributed by atoms with van der Waals surface area (Å²) in [4.78, 5) is 0. The fraction of sp³-hybridized carbons (Fsp3) is 1.00. The quantitative estimate of drug-likeness (QED) is 0.0839. The molecule has 0 atom stereocenters. The molecule has 0 unspecified atom stereocenters. The van der Waals surface area contributed by atoms with E-state index < -0.39 is 15.6 Å². The molecule has 0 aliphatic heterocycles. The van der Waals surface area contributed by atoms with E-state index in [1.165, 1.54) is 0 Å². The summed E-state index contributed by atoms with van der Waals surface area (Å²) in [5.74, 6) is 0. The Morgan fingerprint density at radius 1 is 0.394 bits per heavy atom. The highest BCUT2D eigenvalue weighted by molar-refractivity contribution is 7.62. The van der Waals surface area contributed by atoms with E-state index in [0.717, 1.165) is 103 Å². The fourth-order valence-electron chi connectivity index (χ4n) is 3.11. The van der Waals surface area contributed by atoms with Gasteiger partial charge in [0, 0.05) is 0 Å². The molecule has 0 aromatic heterocycles. The molecule has 0 N–H and O–H groups in total. The Kier molecular flexibility index (Phi) is 22.9. The molecular formula is C24H52O7P2. The minimum Gasteiger partial charge on any atom is -0.287 e. The highest BCUT2D eigenvalue weighted by Gasteiger charge is 2.40. The zero-order valence-corrected chi connectivity index (χ0v) is 23.7. The van der Waals surface area contributed by atoms with Crippen molar-refractivity contribution in [1.29, 1.82) is 0 Å². The maximum absolute atomic E-state index is 13.4. The largest absolute Gasteiger partial charge is 0.483 e. The van der Waals surface area contributed by atoms with Gasteiger partial charge in [-0.05, 0) is 25.7 Å². The highest BCUT2D eigenvalue weighted by Crippen LogP contribution is 2.66. The van der Waals surface area contributed by atoms with Crippen molar-refractivity contribution in [3.63, 3.8) is 0 Å². The van der Waals surface area contributed by atoms with Crippen LogP contribution in [0.4, 0.5) is 0 Å². The van der Waals surface area contributed by atoms with E-state index in [-0.39, 0.29) is 26.4 Å². The van der Waals surface area contributed by atoms with E-state index in [1.54, 1.807) is 0 Å². The summed E-state index contributed by atoms with van der Waals surface area (Å²) in [6.45, 7) is 9.39. The van der Waals surface area contributed by atoms with Gasteiger partial charge in [-0.25, -0.2) is 9.13 Å². The lowest BCUT2D eigenvalue weighted by atomic mass is 10.2. The van der Waals surface area contributed by atoms with Gasteiger partial charge in [-0.2, -0.15) is 4.31 Å². The van der Waals surface area contributed by atoms with Gasteiger partial charge in [0.15, 0.2) is 0 Å². The van der Waals surface area contributed by atoms with Crippen LogP contribution in [0.2, 0.25) is 0 Å². The summed E-state index contributed by atoms with van der Waals surface area (Å²) >= 11 is 0. The SMILES string of the molecule is CCCCCCOP(=O)(OCCCCCC)OP(=O)(OCCCCCC)OCCCCCC. The molecule has 7 nitrogen and oxygen atoms in total. The normalized spacial score (nSPS) is 12.5. The average molecular weight is 515 g/mol. The van der Waals surface area contributed by atoms with Gasteiger partial charge >= 0.3 is 15.6 Å². The third-order valence-corrected chi connectivity index (χ3v) is 8.78. The van der Waals surface area contributed by atoms with Gasteiger partial charge in [-0.15, -0.1) is 0 Å². The molecule has 0 fully saturated rings. The molecule has 0 saturated carbocycles. The van der Waals surface area contributed by atoms with Gasteiger partial charge in [0.25, 0.3) is 0 Å². The van der Waals surface area contributed by atoms with Crippen LogP contribution in [0.25, 0.3) is 0 Å². The monoisotopic (exact) mass is 514 g/mol. The molecule has 0 rings (SSSR count). The molecule has 0 bridgehead atoms. The van der Waals surface area contributed by atoms with Crippen LogP contribution in [-0.4, -0.2) is 26.4 Å². The summed E-state index contributed by atoms with van der Waals surface area (Å²) in [6.07, 6.45) is 15.5. The highest BCUT2D eigenvalue weighted by atomic mass is 31.3. The number of hydrogen-bond donors (Lipinski definition) is 0. The Bertz CT molecular complexity index is 437. The van der Waals surface area contributed by atoms with Gasteiger partial charge in [-0.3, -0.25) is 18.1 Å². The third kappa shape index (κ3) is 20.2. The standard InChI is InChI=1S/C24H52O7P2/c1-5-9-13-17-21-27-32(25,28-22-18-14-10-6-2)31-33(26,29-23-19-15-11-7-3)30-24-20-16-12-8-4/h5-24H2,1-4H3. The first-order valence-electron chi connectivity index (χ1n) is 13.4. The molecule has 0 heterocycles. The number of hydrogen-bond acceptors (Lipinski definition) is 7. The minimum absolute atomic E-state index is 0.221. The molecule has 0 aromatic rings. The number of unbranched alkanes of at least 4 members (excludes halogenated alkanes) is 12. The molecular weight excluding hydrogens is 462 g/mol. The van der Waals surface area contributed by atoms with Crippen molar-refractivity contribution in [2.24, 2.45) is 0 Å². The van der Waals surface area contributed by atoms with Gasteiger partial charge in [0.05, 0.1) is 26.4 Å². The van der Waals surface area contributed by atoms with Crippen molar-refractivity contribution in [3.8, 4) is 0 Å². The maximum Gasteiger partial charge on any atom is 0.483 e. The Hall–Kier alpha value is 0.260. The zero-order valence-electron chi connectivity index (χ0n) is 21.9. The predicted octanol–water partition coefficient (Wildman–Crippen LogP) is 9.61. The number of phosphoric ester groups is 2. The molecule has 0 amide bonds. The van der Waals surface area contributed by atoms with Crippen LogP contribution in [-0.2, 0) is 31.5 Å². The second-order valence-electron chi connectivity index (χ2n) is 8.55. The van der Waals surface area contributed by atoms with Crippen LogP contribution < -0.4 is 0 Å². The smallest absolute Gasteiger partial charge is 0.287 e. The molecule has 9 heteroatoms. The molecule has 33 heavy (non-hydrogen) atoms. The zero-order chi connectivity index (χ0) is 24.7. The average Bonchev–Trinajstić information content (AvgIpc) is 2.78. The van der Waals surface area contributed by atoms with E-state index in [9.17, 15) is 9.13 Å². The van der Waals surface area contributed by atoms with Crippen molar-refractivity contribution in [3.05, 3.63) is 0 Å². The Morgan fingerprint density at radius 3 is 0.848 bits per heavy atom. The Morgan fingerprint density at radius 2 is 0.636 bits per heavy atom. The van der Waals surface area contributed by atoms with E-state index >= 15 is 0 Å². The summed E-state index contributed by atoms with van der Waals surface area (Å²) < 4.78 is 54.4. The molecule has 0 radical (unpaired) electrons. The molecule has 0 aliphatic carbocycles. The molecule has 0 aliphatic rings. The van der Waals surface area contributed by atoms with E-state index in [0.29, 0.717) is 0 Å². The van der Waals surface area contributed by atoms with Crippen molar-refractivity contribution in [2.75, 3.05) is 26.4 Å². The Labute approximate surface area is 204 Å². The van der Waals surface area contributed by atoms with Crippen LogP contribution in [0, 0.1) is 0 Å². The van der Waals surface area contributed by atoms with Crippen LogP contribution in [0.3, 0.4) is 0 Å². The van der Waals surface area contributed by atoms with Crippen LogP contribution in [0.1, 0.15) is 130 Å². The van der Waals surface area contributed by atoms with Gasteiger partial charge in [-0.1, -0.05) is 105 Å². The lowest BCUT2D eigenvalue weighted by Crippen LogP contribution is -2.07. The summed E-state index contributed by atoms with van der Waals surface area (Å²) in [6, 6.07) is 0. The number of phosphoric acid groups is 2. The van der Waals surface area contributed by atoms with Crippen molar-refractivity contribution in [2.45, 2.75) is 130 Å². The van der Waals surface area contributed by atoms with Crippen molar-refractivity contribution < 1.29 is 31.5 Å². The van der Waals surface area contributed by atoms with Crippen molar-refractivity contribution in [1.82, 2.24) is 0 Å². The second-order valence-corrected chi connectivity index (χ2v) is 12.0. The predicted molar refractivity (Wildman–Crippen MR) is 137 cm³/mol. The Balaban J connectivity index is 5.04. The van der Waals surface area contributed by atoms with Gasteiger partial charge < -0.3 is 0 Å². The first kappa shape index (κ1) is 33.3. The summed E-state index contributed by atoms with van der Waals surface area (Å²) in [7, 11) is -8.15. The first-order chi connectivity index (χ1) is 15.9. The van der Waals surface area contributed by atoms with Crippen LogP contribution >= 0.6 is 15.6 Å². The molecule has 0 spiro atoms. The topological polar surface area (TPSA) is 80.3 Å². The fourth-order valence-corrected chi connectivity index (χ4v) is 6.41. The van der Waals surface area contributed by atoms with E-state index in [4.69, 9.17) is 22.4 Å². The van der Waals surface area contributed by atoms with E-state index in [2.05, 4.69) is 27.7 Å². The molecule has 0 saturated heterocycles. The lowest BCUT2D eigenvalue weighted by molar-refractivity contribution is 0.105.